The van der Waals surface area contributed by atoms with E-state index in [-0.39, 0.29) is 35.0 Å². The summed E-state index contributed by atoms with van der Waals surface area (Å²) < 4.78 is 0. The number of halogens is 2. The molecule has 12 heteroatoms. The Morgan fingerprint density at radius 2 is 1.82 bits per heavy atom. The van der Waals surface area contributed by atoms with Crippen LogP contribution in [0.25, 0.3) is 5.76 Å². The Labute approximate surface area is 199 Å². The molecule has 33 heavy (non-hydrogen) atoms. The third-order valence-corrected chi connectivity index (χ3v) is 6.97. The standard InChI is InChI=1S/C21H21ClN2O8.ClH/c1-24(2)14-7-5-6-10(16(27)12-9(25)4-3-8(22)11(12)15(6)26)18(29)21(7,32)19(30)13(17(14)28)20(23)31;/h3-4,6-7,14-15,25-27,30,32H,5H2,1-2H3,(H2,23,31);1H/t6-,7-,14?,15?,21-;/m0./s1. The van der Waals surface area contributed by atoms with Crippen LogP contribution in [0.2, 0.25) is 5.02 Å². The number of amides is 1. The van der Waals surface area contributed by atoms with Gasteiger partial charge in [-0.05, 0) is 32.6 Å². The zero-order valence-electron chi connectivity index (χ0n) is 17.4. The normalized spacial score (nSPS) is 31.1. The van der Waals surface area contributed by atoms with Crippen LogP contribution in [0.5, 0.6) is 5.75 Å². The van der Waals surface area contributed by atoms with Gasteiger partial charge in [-0.25, -0.2) is 0 Å². The molecule has 4 rings (SSSR count). The van der Waals surface area contributed by atoms with E-state index in [1.165, 1.54) is 31.1 Å². The molecule has 3 aliphatic rings. The second-order valence-corrected chi connectivity index (χ2v) is 8.87. The van der Waals surface area contributed by atoms with E-state index in [1.807, 2.05) is 0 Å². The first-order valence-electron chi connectivity index (χ1n) is 9.69. The van der Waals surface area contributed by atoms with Crippen molar-refractivity contribution in [3.05, 3.63) is 45.2 Å². The van der Waals surface area contributed by atoms with Crippen molar-refractivity contribution in [1.29, 1.82) is 0 Å². The van der Waals surface area contributed by atoms with Crippen LogP contribution in [0.15, 0.2) is 29.0 Å². The molecule has 0 aliphatic heterocycles. The van der Waals surface area contributed by atoms with Gasteiger partial charge in [0.05, 0.1) is 17.7 Å². The average molecular weight is 501 g/mol. The first kappa shape index (κ1) is 25.0. The van der Waals surface area contributed by atoms with Crippen LogP contribution < -0.4 is 5.73 Å². The molecule has 0 bridgehead atoms. The molecule has 0 heterocycles. The van der Waals surface area contributed by atoms with Crippen molar-refractivity contribution in [2.24, 2.45) is 17.6 Å². The van der Waals surface area contributed by atoms with E-state index in [1.54, 1.807) is 0 Å². The number of rotatable bonds is 2. The number of fused-ring (bicyclic) bond motifs is 3. The van der Waals surface area contributed by atoms with Crippen LogP contribution in [0.3, 0.4) is 0 Å². The molecule has 0 aromatic heterocycles. The van der Waals surface area contributed by atoms with Gasteiger partial charge in [-0.15, -0.1) is 12.4 Å². The summed E-state index contributed by atoms with van der Waals surface area (Å²) in [6.07, 6.45) is -1.70. The Kier molecular flexibility index (Phi) is 6.06. The number of nitrogens with two attached hydrogens (primary N) is 1. The van der Waals surface area contributed by atoms with Gasteiger partial charge in [-0.2, -0.15) is 0 Å². The molecule has 5 atom stereocenters. The fourth-order valence-electron chi connectivity index (χ4n) is 5.24. The van der Waals surface area contributed by atoms with Gasteiger partial charge in [0.1, 0.15) is 22.8 Å². The number of aliphatic hydroxyl groups excluding tert-OH is 3. The Balaban J connectivity index is 0.00000306. The average Bonchev–Trinajstić information content (AvgIpc) is 2.69. The molecule has 1 saturated carbocycles. The highest BCUT2D eigenvalue weighted by Gasteiger charge is 2.65. The largest absolute Gasteiger partial charge is 0.508 e. The number of hydrogen-bond donors (Lipinski definition) is 6. The fraction of sp³-hybridized carbons (Fsp3) is 0.381. The van der Waals surface area contributed by atoms with E-state index in [2.05, 4.69) is 0 Å². The molecule has 7 N–H and O–H groups in total. The van der Waals surface area contributed by atoms with Crippen LogP contribution in [0, 0.1) is 11.8 Å². The van der Waals surface area contributed by atoms with Gasteiger partial charge in [-0.1, -0.05) is 11.6 Å². The lowest BCUT2D eigenvalue weighted by Gasteiger charge is -2.51. The van der Waals surface area contributed by atoms with Crippen LogP contribution in [-0.2, 0) is 14.4 Å². The van der Waals surface area contributed by atoms with E-state index in [4.69, 9.17) is 17.3 Å². The Bertz CT molecular complexity index is 1160. The highest BCUT2D eigenvalue weighted by Crippen LogP contribution is 2.56. The van der Waals surface area contributed by atoms with Crippen molar-refractivity contribution in [3.63, 3.8) is 0 Å². The van der Waals surface area contributed by atoms with E-state index < -0.39 is 75.5 Å². The van der Waals surface area contributed by atoms with Gasteiger partial charge >= 0.3 is 0 Å². The molecule has 0 radical (unpaired) electrons. The topological polar surface area (TPSA) is 182 Å². The summed E-state index contributed by atoms with van der Waals surface area (Å²) in [5.41, 5.74) is 0.845. The van der Waals surface area contributed by atoms with E-state index in [0.29, 0.717) is 0 Å². The van der Waals surface area contributed by atoms with Gasteiger partial charge in [0.15, 0.2) is 11.4 Å². The monoisotopic (exact) mass is 500 g/mol. The first-order chi connectivity index (χ1) is 14.8. The molecule has 0 saturated heterocycles. The molecule has 1 aromatic rings. The lowest BCUT2D eigenvalue weighted by Crippen LogP contribution is -2.66. The zero-order chi connectivity index (χ0) is 23.9. The summed E-state index contributed by atoms with van der Waals surface area (Å²) >= 11 is 6.19. The lowest BCUT2D eigenvalue weighted by molar-refractivity contribution is -0.155. The second-order valence-electron chi connectivity index (χ2n) is 8.47. The molecule has 2 unspecified atom stereocenters. The second kappa shape index (κ2) is 8.00. The van der Waals surface area contributed by atoms with Crippen LogP contribution in [0.4, 0.5) is 0 Å². The molecular weight excluding hydrogens is 479 g/mol. The van der Waals surface area contributed by atoms with Gasteiger partial charge in [0.25, 0.3) is 5.91 Å². The minimum atomic E-state index is -2.77. The summed E-state index contributed by atoms with van der Waals surface area (Å²) in [7, 11) is 2.97. The number of carbonyl (C=O) groups is 3. The van der Waals surface area contributed by atoms with Crippen LogP contribution in [0.1, 0.15) is 23.7 Å². The number of likely N-dealkylation sites (N-methyl/N-ethyl adjacent to an activating group) is 1. The highest BCUT2D eigenvalue weighted by molar-refractivity contribution is 6.32. The van der Waals surface area contributed by atoms with Crippen molar-refractivity contribution in [3.8, 4) is 5.75 Å². The van der Waals surface area contributed by atoms with Gasteiger partial charge in [0.2, 0.25) is 5.78 Å². The van der Waals surface area contributed by atoms with Crippen LogP contribution >= 0.6 is 24.0 Å². The molecule has 1 aromatic carbocycles. The number of carbonyl (C=O) groups excluding carboxylic acids is 3. The number of phenols is 1. The van der Waals surface area contributed by atoms with Crippen molar-refractivity contribution >= 4 is 47.2 Å². The third-order valence-electron chi connectivity index (χ3n) is 6.64. The third kappa shape index (κ3) is 3.09. The maximum atomic E-state index is 13.6. The molecule has 10 nitrogen and oxygen atoms in total. The maximum absolute atomic E-state index is 13.6. The van der Waals surface area contributed by atoms with Crippen molar-refractivity contribution in [1.82, 2.24) is 4.90 Å². The highest BCUT2D eigenvalue weighted by atomic mass is 35.5. The van der Waals surface area contributed by atoms with E-state index in [9.17, 15) is 39.9 Å². The lowest BCUT2D eigenvalue weighted by atomic mass is 9.57. The summed E-state index contributed by atoms with van der Waals surface area (Å²) in [5.74, 6) is -8.19. The minimum absolute atomic E-state index is 0. The molecule has 0 spiro atoms. The Morgan fingerprint density at radius 3 is 2.36 bits per heavy atom. The van der Waals surface area contributed by atoms with Crippen molar-refractivity contribution < 1.29 is 39.9 Å². The molecular formula is C21H22Cl2N2O8. The SMILES string of the molecule is CN(C)C1C(=O)C(C(N)=O)=C(O)[C@@]2(O)C(=O)C3=C(O)c4c(O)ccc(Cl)c4C(O)[C@H]3C[C@@H]12.Cl. The smallest absolute Gasteiger partial charge is 0.255 e. The Morgan fingerprint density at radius 1 is 1.21 bits per heavy atom. The number of Topliss-reactive ketones (excluding diaryl/α,β-unsaturated/α-hetero) is 2. The number of aromatic hydroxyl groups is 1. The Hall–Kier alpha value is -2.63. The van der Waals surface area contributed by atoms with E-state index in [0.717, 1.165) is 0 Å². The summed E-state index contributed by atoms with van der Waals surface area (Å²) in [4.78, 5) is 39.8. The number of nitrogens with zero attached hydrogens (tertiary/aromatic N) is 1. The molecule has 3 aliphatic carbocycles. The van der Waals surface area contributed by atoms with Crippen molar-refractivity contribution in [2.45, 2.75) is 24.2 Å². The quantitative estimate of drug-likeness (QED) is 0.315. The number of hydrogen-bond acceptors (Lipinski definition) is 9. The zero-order valence-corrected chi connectivity index (χ0v) is 19.0. The van der Waals surface area contributed by atoms with Crippen LogP contribution in [-0.4, -0.2) is 73.6 Å². The fourth-order valence-corrected chi connectivity index (χ4v) is 5.51. The van der Waals surface area contributed by atoms with E-state index >= 15 is 0 Å². The summed E-state index contributed by atoms with van der Waals surface area (Å²) in [5, 5.41) is 54.4. The molecule has 1 amide bonds. The van der Waals surface area contributed by atoms with Gasteiger partial charge in [0, 0.05) is 28.0 Å². The summed E-state index contributed by atoms with van der Waals surface area (Å²) in [6, 6.07) is 1.25. The predicted octanol–water partition coefficient (Wildman–Crippen LogP) is 0.530. The summed E-state index contributed by atoms with van der Waals surface area (Å²) in [6.45, 7) is 0. The van der Waals surface area contributed by atoms with Crippen molar-refractivity contribution in [2.75, 3.05) is 14.1 Å². The number of benzene rings is 1. The number of phenolic OH excluding ortho intramolecular Hbond substituents is 1. The van der Waals surface area contributed by atoms with Gasteiger partial charge < -0.3 is 31.3 Å². The minimum Gasteiger partial charge on any atom is -0.508 e. The molecule has 178 valence electrons. The predicted molar refractivity (Wildman–Crippen MR) is 118 cm³/mol. The number of aliphatic hydroxyl groups is 4. The maximum Gasteiger partial charge on any atom is 0.255 e. The van der Waals surface area contributed by atoms with Gasteiger partial charge in [-0.3, -0.25) is 19.3 Å². The first-order valence-corrected chi connectivity index (χ1v) is 10.1. The number of primary amides is 1. The molecule has 1 fully saturated rings. The number of ketones is 2.